The van der Waals surface area contributed by atoms with Gasteiger partial charge in [-0.3, -0.25) is 9.89 Å². The molecule has 11 heavy (non-hydrogen) atoms. The maximum Gasteiger partial charge on any atom is 0.259 e. The van der Waals surface area contributed by atoms with Crippen molar-refractivity contribution in [2.75, 3.05) is 0 Å². The summed E-state index contributed by atoms with van der Waals surface area (Å²) in [6.45, 7) is 0. The third kappa shape index (κ3) is 0.883. The topological polar surface area (TPSA) is 61.5 Å². The van der Waals surface area contributed by atoms with Crippen molar-refractivity contribution in [2.45, 2.75) is 0 Å². The van der Waals surface area contributed by atoms with Crippen LogP contribution in [0.4, 0.5) is 0 Å². The third-order valence-electron chi connectivity index (χ3n) is 1.45. The molecule has 0 saturated heterocycles. The van der Waals surface area contributed by atoms with Crippen molar-refractivity contribution in [3.05, 3.63) is 27.2 Å². The average Bonchev–Trinajstić information content (AvgIpc) is 2.45. The van der Waals surface area contributed by atoms with Crippen molar-refractivity contribution in [1.29, 1.82) is 0 Å². The maximum atomic E-state index is 11.1. The molecule has 5 heteroatoms. The number of nitrogens with one attached hydrogen (secondary N) is 2. The molecule has 0 amide bonds. The number of hydrogen-bond acceptors (Lipinski definition) is 2. The van der Waals surface area contributed by atoms with Crippen LogP contribution in [0.3, 0.4) is 0 Å². The summed E-state index contributed by atoms with van der Waals surface area (Å²) in [4.78, 5) is 13.6. The van der Waals surface area contributed by atoms with Crippen molar-refractivity contribution >= 4 is 26.8 Å². The number of H-pyrrole nitrogens is 2. The van der Waals surface area contributed by atoms with Crippen LogP contribution in [-0.2, 0) is 0 Å². The number of pyridine rings is 1. The van der Waals surface area contributed by atoms with E-state index in [-0.39, 0.29) is 5.56 Å². The van der Waals surface area contributed by atoms with Crippen LogP contribution in [0.15, 0.2) is 21.7 Å². The Balaban J connectivity index is 3.08. The third-order valence-corrected chi connectivity index (χ3v) is 2.08. The van der Waals surface area contributed by atoms with Crippen LogP contribution in [0.1, 0.15) is 0 Å². The highest BCUT2D eigenvalue weighted by Gasteiger charge is 2.02. The van der Waals surface area contributed by atoms with E-state index < -0.39 is 0 Å². The first kappa shape index (κ1) is 6.60. The van der Waals surface area contributed by atoms with E-state index in [0.717, 1.165) is 9.99 Å². The van der Waals surface area contributed by atoms with Gasteiger partial charge in [0.15, 0.2) is 0 Å². The van der Waals surface area contributed by atoms with Crippen LogP contribution in [0, 0.1) is 0 Å². The van der Waals surface area contributed by atoms with Crippen molar-refractivity contribution in [1.82, 2.24) is 15.2 Å². The lowest BCUT2D eigenvalue weighted by molar-refractivity contribution is 1.12. The molecule has 0 aliphatic rings. The summed E-state index contributed by atoms with van der Waals surface area (Å²) in [6, 6.07) is 0. The van der Waals surface area contributed by atoms with Crippen LogP contribution >= 0.6 is 15.9 Å². The van der Waals surface area contributed by atoms with Gasteiger partial charge in [-0.05, 0) is 15.9 Å². The standard InChI is InChI=1S/C6H4BrN3O/c7-4-2-8-6(11)3-1-9-10-5(3)4/h1-2H,(H,8,11)(H,9,10). The number of halogens is 1. The summed E-state index contributed by atoms with van der Waals surface area (Å²) in [7, 11) is 0. The zero-order valence-corrected chi connectivity index (χ0v) is 6.97. The Kier molecular flexibility index (Phi) is 1.32. The Hall–Kier alpha value is -1.10. The van der Waals surface area contributed by atoms with E-state index in [1.807, 2.05) is 0 Å². The highest BCUT2D eigenvalue weighted by molar-refractivity contribution is 9.10. The van der Waals surface area contributed by atoms with Gasteiger partial charge in [0, 0.05) is 6.20 Å². The maximum absolute atomic E-state index is 11.1. The van der Waals surface area contributed by atoms with Crippen molar-refractivity contribution < 1.29 is 0 Å². The number of nitrogens with zero attached hydrogens (tertiary/aromatic N) is 1. The molecule has 2 N–H and O–H groups in total. The van der Waals surface area contributed by atoms with Gasteiger partial charge in [-0.15, -0.1) is 0 Å². The van der Waals surface area contributed by atoms with Gasteiger partial charge in [0.1, 0.15) is 0 Å². The van der Waals surface area contributed by atoms with Crippen LogP contribution in [0.5, 0.6) is 0 Å². The Morgan fingerprint density at radius 2 is 2.36 bits per heavy atom. The van der Waals surface area contributed by atoms with Gasteiger partial charge in [-0.25, -0.2) is 0 Å². The fraction of sp³-hybridized carbons (Fsp3) is 0. The molecule has 0 fully saturated rings. The van der Waals surface area contributed by atoms with E-state index in [1.54, 1.807) is 6.20 Å². The smallest absolute Gasteiger partial charge is 0.259 e. The van der Waals surface area contributed by atoms with Crippen LogP contribution in [0.2, 0.25) is 0 Å². The largest absolute Gasteiger partial charge is 0.327 e. The Bertz CT molecular complexity index is 444. The molecule has 0 radical (unpaired) electrons. The van der Waals surface area contributed by atoms with E-state index in [1.165, 1.54) is 6.20 Å². The zero-order chi connectivity index (χ0) is 7.84. The first-order valence-electron chi connectivity index (χ1n) is 2.99. The SMILES string of the molecule is O=c1[nH]cc(Br)c2[nH]ncc12. The van der Waals surface area contributed by atoms with E-state index in [9.17, 15) is 4.79 Å². The minimum Gasteiger partial charge on any atom is -0.327 e. The van der Waals surface area contributed by atoms with Gasteiger partial charge < -0.3 is 4.98 Å². The lowest BCUT2D eigenvalue weighted by Gasteiger charge is -1.89. The summed E-state index contributed by atoms with van der Waals surface area (Å²) in [5.41, 5.74) is 0.603. The molecule has 2 heterocycles. The van der Waals surface area contributed by atoms with Crippen LogP contribution < -0.4 is 5.56 Å². The molecule has 2 rings (SSSR count). The second-order valence-electron chi connectivity index (χ2n) is 2.12. The molecule has 2 aromatic rings. The molecular formula is C6H4BrN3O. The molecule has 2 aromatic heterocycles. The highest BCUT2D eigenvalue weighted by Crippen LogP contribution is 2.15. The molecule has 0 atom stereocenters. The summed E-state index contributed by atoms with van der Waals surface area (Å²) in [5.74, 6) is 0. The van der Waals surface area contributed by atoms with Gasteiger partial charge in [-0.1, -0.05) is 0 Å². The molecule has 4 nitrogen and oxygen atoms in total. The van der Waals surface area contributed by atoms with Crippen molar-refractivity contribution in [3.63, 3.8) is 0 Å². The fourth-order valence-corrected chi connectivity index (χ4v) is 1.34. The fourth-order valence-electron chi connectivity index (χ4n) is 0.919. The van der Waals surface area contributed by atoms with Crippen molar-refractivity contribution in [2.24, 2.45) is 0 Å². The molecule has 56 valence electrons. The average molecular weight is 214 g/mol. The molecule has 0 saturated carbocycles. The van der Waals surface area contributed by atoms with Gasteiger partial charge in [-0.2, -0.15) is 5.10 Å². The summed E-state index contributed by atoms with van der Waals surface area (Å²) in [6.07, 6.45) is 3.09. The monoisotopic (exact) mass is 213 g/mol. The number of aromatic amines is 2. The lowest BCUT2D eigenvalue weighted by Crippen LogP contribution is -2.03. The second-order valence-corrected chi connectivity index (χ2v) is 2.98. The molecular weight excluding hydrogens is 210 g/mol. The Morgan fingerprint density at radius 1 is 1.55 bits per heavy atom. The molecule has 0 unspecified atom stereocenters. The van der Waals surface area contributed by atoms with E-state index in [4.69, 9.17) is 0 Å². The van der Waals surface area contributed by atoms with Crippen LogP contribution in [-0.4, -0.2) is 15.2 Å². The van der Waals surface area contributed by atoms with Gasteiger partial charge in [0.2, 0.25) is 0 Å². The summed E-state index contributed by atoms with van der Waals surface area (Å²) < 4.78 is 0.810. The van der Waals surface area contributed by atoms with Gasteiger partial charge in [0.25, 0.3) is 5.56 Å². The Morgan fingerprint density at radius 3 is 3.09 bits per heavy atom. The molecule has 0 bridgehead atoms. The van der Waals surface area contributed by atoms with Crippen molar-refractivity contribution in [3.8, 4) is 0 Å². The minimum absolute atomic E-state index is 0.128. The highest BCUT2D eigenvalue weighted by atomic mass is 79.9. The Labute approximate surface area is 69.8 Å². The molecule has 0 aliphatic carbocycles. The zero-order valence-electron chi connectivity index (χ0n) is 5.39. The van der Waals surface area contributed by atoms with Crippen LogP contribution in [0.25, 0.3) is 10.9 Å². The predicted molar refractivity (Wildman–Crippen MR) is 44.4 cm³/mol. The summed E-state index contributed by atoms with van der Waals surface area (Å²) in [5, 5.41) is 7.03. The second kappa shape index (κ2) is 2.20. The van der Waals surface area contributed by atoms with E-state index >= 15 is 0 Å². The van der Waals surface area contributed by atoms with Gasteiger partial charge in [0.05, 0.1) is 21.6 Å². The number of hydrogen-bond donors (Lipinski definition) is 2. The first-order valence-corrected chi connectivity index (χ1v) is 3.78. The number of aromatic nitrogens is 3. The van der Waals surface area contributed by atoms with E-state index in [2.05, 4.69) is 31.1 Å². The predicted octanol–water partition coefficient (Wildman–Crippen LogP) is 1.01. The quantitative estimate of drug-likeness (QED) is 0.687. The molecule has 0 aromatic carbocycles. The van der Waals surface area contributed by atoms with Gasteiger partial charge >= 0.3 is 0 Å². The number of rotatable bonds is 0. The molecule has 0 aliphatic heterocycles. The first-order chi connectivity index (χ1) is 5.29. The molecule has 0 spiro atoms. The van der Waals surface area contributed by atoms with E-state index in [0.29, 0.717) is 5.39 Å². The lowest BCUT2D eigenvalue weighted by atomic mass is 10.3. The minimum atomic E-state index is -0.128. The summed E-state index contributed by atoms with van der Waals surface area (Å²) >= 11 is 3.27. The normalized spacial score (nSPS) is 10.6. The number of fused-ring (bicyclic) bond motifs is 1.